The third-order valence-electron chi connectivity index (χ3n) is 4.52. The van der Waals surface area contributed by atoms with Crippen molar-refractivity contribution >= 4 is 28.5 Å². The van der Waals surface area contributed by atoms with Gasteiger partial charge in [0.05, 0.1) is 28.0 Å². The predicted molar refractivity (Wildman–Crippen MR) is 102 cm³/mol. The Hall–Kier alpha value is -3.23. The molecule has 0 aliphatic heterocycles. The molecule has 0 unspecified atom stereocenters. The molecule has 0 saturated carbocycles. The van der Waals surface area contributed by atoms with Gasteiger partial charge in [0.1, 0.15) is 0 Å². The summed E-state index contributed by atoms with van der Waals surface area (Å²) >= 11 is 0. The van der Waals surface area contributed by atoms with Crippen LogP contribution in [0.4, 0.5) is 5.69 Å². The number of amides is 2. The van der Waals surface area contributed by atoms with Crippen LogP contribution in [0.5, 0.6) is 0 Å². The Kier molecular flexibility index (Phi) is 4.46. The number of fused-ring (bicyclic) bond motifs is 1. The molecule has 0 saturated heterocycles. The Morgan fingerprint density at radius 1 is 1.07 bits per heavy atom. The third kappa shape index (κ3) is 3.05. The highest BCUT2D eigenvalue weighted by Gasteiger charge is 2.25. The molecule has 0 aliphatic rings. The molecule has 142 valence electrons. The molecule has 3 rings (SSSR count). The second-order valence-electron chi connectivity index (χ2n) is 6.81. The Morgan fingerprint density at radius 3 is 2.37 bits per heavy atom. The summed E-state index contributed by atoms with van der Waals surface area (Å²) in [5.74, 6) is -0.604. The number of aryl methyl sites for hydroxylation is 4. The maximum atomic E-state index is 13.1. The van der Waals surface area contributed by atoms with E-state index in [1.807, 2.05) is 13.8 Å². The molecule has 0 radical (unpaired) electrons. The van der Waals surface area contributed by atoms with Crippen molar-refractivity contribution in [1.82, 2.24) is 29.4 Å². The van der Waals surface area contributed by atoms with E-state index in [2.05, 4.69) is 20.5 Å². The highest BCUT2D eigenvalue weighted by molar-refractivity contribution is 6.14. The van der Waals surface area contributed by atoms with Crippen LogP contribution in [0.15, 0.2) is 6.07 Å². The second kappa shape index (κ2) is 6.49. The summed E-state index contributed by atoms with van der Waals surface area (Å²) in [4.78, 5) is 31.5. The Morgan fingerprint density at radius 2 is 1.74 bits per heavy atom. The fourth-order valence-corrected chi connectivity index (χ4v) is 3.05. The van der Waals surface area contributed by atoms with Crippen molar-refractivity contribution in [3.05, 3.63) is 34.4 Å². The summed E-state index contributed by atoms with van der Waals surface area (Å²) in [7, 11) is 6.82. The molecule has 0 aliphatic carbocycles. The molecule has 1 N–H and O–H groups in total. The lowest BCUT2D eigenvalue weighted by Crippen LogP contribution is -2.24. The van der Waals surface area contributed by atoms with Crippen LogP contribution < -0.4 is 5.32 Å². The first-order valence-electron chi connectivity index (χ1n) is 8.49. The molecule has 0 bridgehead atoms. The number of anilines is 1. The van der Waals surface area contributed by atoms with E-state index in [9.17, 15) is 9.59 Å². The summed E-state index contributed by atoms with van der Waals surface area (Å²) in [5, 5.41) is 12.2. The monoisotopic (exact) mass is 369 g/mol. The maximum absolute atomic E-state index is 13.1. The average molecular weight is 369 g/mol. The average Bonchev–Trinajstić information content (AvgIpc) is 3.03. The number of pyridine rings is 1. The zero-order chi connectivity index (χ0) is 20.0. The number of aromatic nitrogens is 5. The lowest BCUT2D eigenvalue weighted by atomic mass is 10.1. The lowest BCUT2D eigenvalue weighted by molar-refractivity contribution is 0.0822. The zero-order valence-corrected chi connectivity index (χ0v) is 16.6. The standard InChI is InChI=1S/C18H23N7O2/c1-9-8-12(13-10(2)21-25(7)16(13)19-9)17(26)20-14-11(3)24(6)22-15(14)18(27)23(4)5/h8H,1-7H3,(H,20,26). The van der Waals surface area contributed by atoms with Gasteiger partial charge in [0.15, 0.2) is 11.3 Å². The molecule has 9 nitrogen and oxygen atoms in total. The minimum Gasteiger partial charge on any atom is -0.343 e. The Labute approximate surface area is 157 Å². The molecular formula is C18H23N7O2. The van der Waals surface area contributed by atoms with Crippen molar-refractivity contribution in [3.63, 3.8) is 0 Å². The first kappa shape index (κ1) is 18.6. The van der Waals surface area contributed by atoms with Gasteiger partial charge in [0.2, 0.25) is 0 Å². The van der Waals surface area contributed by atoms with Crippen LogP contribution in [0.1, 0.15) is 37.9 Å². The molecule has 27 heavy (non-hydrogen) atoms. The molecule has 3 aromatic heterocycles. The smallest absolute Gasteiger partial charge is 0.276 e. The van der Waals surface area contributed by atoms with Crippen LogP contribution >= 0.6 is 0 Å². The van der Waals surface area contributed by atoms with Gasteiger partial charge in [-0.05, 0) is 26.8 Å². The molecule has 0 spiro atoms. The van der Waals surface area contributed by atoms with Gasteiger partial charge in [0, 0.05) is 33.9 Å². The van der Waals surface area contributed by atoms with Gasteiger partial charge in [-0.25, -0.2) is 4.98 Å². The summed E-state index contributed by atoms with van der Waals surface area (Å²) in [5.41, 5.74) is 3.85. The number of carbonyl (C=O) groups is 2. The van der Waals surface area contributed by atoms with Gasteiger partial charge in [0.25, 0.3) is 11.8 Å². The number of nitrogens with one attached hydrogen (secondary N) is 1. The van der Waals surface area contributed by atoms with Crippen molar-refractivity contribution in [2.45, 2.75) is 20.8 Å². The fourth-order valence-electron chi connectivity index (χ4n) is 3.05. The van der Waals surface area contributed by atoms with Crippen molar-refractivity contribution < 1.29 is 9.59 Å². The summed E-state index contributed by atoms with van der Waals surface area (Å²) in [6, 6.07) is 1.73. The van der Waals surface area contributed by atoms with Crippen molar-refractivity contribution in [2.24, 2.45) is 14.1 Å². The highest BCUT2D eigenvalue weighted by atomic mass is 16.2. The topological polar surface area (TPSA) is 97.9 Å². The van der Waals surface area contributed by atoms with Crippen molar-refractivity contribution in [2.75, 3.05) is 19.4 Å². The van der Waals surface area contributed by atoms with Gasteiger partial charge < -0.3 is 10.2 Å². The van der Waals surface area contributed by atoms with E-state index in [1.54, 1.807) is 50.5 Å². The van der Waals surface area contributed by atoms with Crippen LogP contribution in [0.2, 0.25) is 0 Å². The first-order valence-corrected chi connectivity index (χ1v) is 8.49. The fraction of sp³-hybridized carbons (Fsp3) is 0.389. The molecule has 0 aromatic carbocycles. The molecule has 2 amide bonds. The third-order valence-corrected chi connectivity index (χ3v) is 4.52. The van der Waals surface area contributed by atoms with Gasteiger partial charge in [-0.1, -0.05) is 0 Å². The largest absolute Gasteiger partial charge is 0.343 e. The minimum atomic E-state index is -0.328. The Bertz CT molecular complexity index is 1080. The molecule has 0 fully saturated rings. The first-order chi connectivity index (χ1) is 12.6. The van der Waals surface area contributed by atoms with Crippen molar-refractivity contribution in [3.8, 4) is 0 Å². The lowest BCUT2D eigenvalue weighted by Gasteiger charge is -2.11. The predicted octanol–water partition coefficient (Wildman–Crippen LogP) is 1.58. The van der Waals surface area contributed by atoms with Gasteiger partial charge >= 0.3 is 0 Å². The summed E-state index contributed by atoms with van der Waals surface area (Å²) in [6.45, 7) is 5.47. The summed E-state index contributed by atoms with van der Waals surface area (Å²) < 4.78 is 3.24. The quantitative estimate of drug-likeness (QED) is 0.756. The second-order valence-corrected chi connectivity index (χ2v) is 6.81. The molecule has 3 heterocycles. The van der Waals surface area contributed by atoms with E-state index >= 15 is 0 Å². The van der Waals surface area contributed by atoms with Crippen LogP contribution in [0.25, 0.3) is 11.0 Å². The van der Waals surface area contributed by atoms with E-state index in [0.717, 1.165) is 5.69 Å². The van der Waals surface area contributed by atoms with Crippen LogP contribution in [0, 0.1) is 20.8 Å². The number of nitrogens with zero attached hydrogens (tertiary/aromatic N) is 6. The van der Waals surface area contributed by atoms with Crippen LogP contribution in [-0.2, 0) is 14.1 Å². The van der Waals surface area contributed by atoms with E-state index in [-0.39, 0.29) is 17.5 Å². The van der Waals surface area contributed by atoms with Gasteiger partial charge in [-0.2, -0.15) is 10.2 Å². The molecule has 3 aromatic rings. The molecule has 0 atom stereocenters. The van der Waals surface area contributed by atoms with Crippen LogP contribution in [0.3, 0.4) is 0 Å². The van der Waals surface area contributed by atoms with E-state index in [1.165, 1.54) is 4.90 Å². The van der Waals surface area contributed by atoms with Gasteiger partial charge in [-0.15, -0.1) is 0 Å². The van der Waals surface area contributed by atoms with Gasteiger partial charge in [-0.3, -0.25) is 19.0 Å². The zero-order valence-electron chi connectivity index (χ0n) is 16.6. The number of carbonyl (C=O) groups excluding carboxylic acids is 2. The maximum Gasteiger partial charge on any atom is 0.276 e. The number of hydrogen-bond acceptors (Lipinski definition) is 5. The summed E-state index contributed by atoms with van der Waals surface area (Å²) in [6.07, 6.45) is 0. The number of rotatable bonds is 3. The normalized spacial score (nSPS) is 11.1. The minimum absolute atomic E-state index is 0.207. The highest BCUT2D eigenvalue weighted by Crippen LogP contribution is 2.25. The molecular weight excluding hydrogens is 346 g/mol. The number of hydrogen-bond donors (Lipinski definition) is 1. The molecule has 9 heteroatoms. The SMILES string of the molecule is Cc1cc(C(=O)Nc2c(C(=O)N(C)C)nn(C)c2C)c2c(C)nn(C)c2n1. The van der Waals surface area contributed by atoms with E-state index in [4.69, 9.17) is 0 Å². The Balaban J connectivity index is 2.10. The van der Waals surface area contributed by atoms with Crippen molar-refractivity contribution in [1.29, 1.82) is 0 Å². The van der Waals surface area contributed by atoms with Crippen LogP contribution in [-0.4, -0.2) is 55.4 Å². The van der Waals surface area contributed by atoms with E-state index < -0.39 is 0 Å². The van der Waals surface area contributed by atoms with E-state index in [0.29, 0.717) is 33.7 Å².